The first-order valence-electron chi connectivity index (χ1n) is 9.73. The molecule has 1 saturated heterocycles. The molecule has 1 amide bonds. The van der Waals surface area contributed by atoms with Crippen molar-refractivity contribution >= 4 is 12.0 Å². The molecule has 1 N–H and O–H groups in total. The van der Waals surface area contributed by atoms with Crippen LogP contribution < -0.4 is 9.47 Å². The third-order valence-corrected chi connectivity index (χ3v) is 5.06. The summed E-state index contributed by atoms with van der Waals surface area (Å²) in [4.78, 5) is 16.3. The van der Waals surface area contributed by atoms with E-state index in [1.807, 2.05) is 42.2 Å². The summed E-state index contributed by atoms with van der Waals surface area (Å²) >= 11 is 0. The van der Waals surface area contributed by atoms with E-state index in [9.17, 15) is 9.90 Å². The number of rotatable bonds is 8. The summed E-state index contributed by atoms with van der Waals surface area (Å²) in [6.07, 6.45) is 5.48. The molecule has 148 valence electrons. The van der Waals surface area contributed by atoms with Gasteiger partial charge in [-0.2, -0.15) is 0 Å². The van der Waals surface area contributed by atoms with Gasteiger partial charge >= 0.3 is 0 Å². The van der Waals surface area contributed by atoms with Crippen molar-refractivity contribution in [3.63, 3.8) is 0 Å². The number of carbonyl (C=O) groups excluding carboxylic acids is 1. The minimum Gasteiger partial charge on any atom is -0.493 e. The normalized spacial score (nSPS) is 19.3. The number of amides is 1. The van der Waals surface area contributed by atoms with Gasteiger partial charge in [-0.15, -0.1) is 0 Å². The monoisotopic (exact) mass is 374 g/mol. The van der Waals surface area contributed by atoms with Crippen molar-refractivity contribution in [2.45, 2.75) is 25.9 Å². The number of carbonyl (C=O) groups is 1. The highest BCUT2D eigenvalue weighted by molar-refractivity contribution is 5.81. The number of piperazine rings is 1. The topological polar surface area (TPSA) is 62.2 Å². The number of β-amino-alcohol motifs (C(OH)–C–C–N with tert-alkyl or cyclic N) is 1. The van der Waals surface area contributed by atoms with Gasteiger partial charge in [-0.25, -0.2) is 0 Å². The number of methoxy groups -OCH3 is 1. The lowest BCUT2D eigenvalue weighted by Crippen LogP contribution is -2.51. The molecular weight excluding hydrogens is 344 g/mol. The van der Waals surface area contributed by atoms with Gasteiger partial charge in [0.15, 0.2) is 11.5 Å². The Labute approximate surface area is 161 Å². The predicted molar refractivity (Wildman–Crippen MR) is 105 cm³/mol. The maximum absolute atomic E-state index is 12.1. The van der Waals surface area contributed by atoms with Crippen LogP contribution in [0.1, 0.15) is 25.3 Å². The predicted octanol–water partition coefficient (Wildman–Crippen LogP) is 2.02. The fourth-order valence-corrected chi connectivity index (χ4v) is 3.38. The number of nitrogens with zero attached hydrogens (tertiary/aromatic N) is 2. The van der Waals surface area contributed by atoms with E-state index in [0.717, 1.165) is 44.6 Å². The van der Waals surface area contributed by atoms with E-state index in [-0.39, 0.29) is 12.5 Å². The van der Waals surface area contributed by atoms with Crippen LogP contribution in [0.2, 0.25) is 0 Å². The van der Waals surface area contributed by atoms with E-state index in [0.29, 0.717) is 24.0 Å². The fraction of sp³-hybridized carbons (Fsp3) is 0.571. The first-order chi connectivity index (χ1) is 13.1. The summed E-state index contributed by atoms with van der Waals surface area (Å²) < 4.78 is 11.2. The number of aliphatic hydroxyl groups is 1. The molecule has 1 saturated carbocycles. The molecule has 0 bridgehead atoms. The van der Waals surface area contributed by atoms with Crippen LogP contribution in [0.25, 0.3) is 6.08 Å². The van der Waals surface area contributed by atoms with Crippen molar-refractivity contribution in [3.8, 4) is 11.5 Å². The zero-order chi connectivity index (χ0) is 19.2. The van der Waals surface area contributed by atoms with Crippen LogP contribution >= 0.6 is 0 Å². The van der Waals surface area contributed by atoms with Crippen LogP contribution in [0.4, 0.5) is 0 Å². The molecule has 6 nitrogen and oxygen atoms in total. The highest BCUT2D eigenvalue weighted by Gasteiger charge is 2.34. The molecule has 0 aromatic heterocycles. The van der Waals surface area contributed by atoms with E-state index in [2.05, 4.69) is 4.90 Å². The number of hydrogen-bond acceptors (Lipinski definition) is 5. The Balaban J connectivity index is 1.43. The van der Waals surface area contributed by atoms with Crippen LogP contribution in [-0.4, -0.2) is 73.4 Å². The second-order valence-corrected chi connectivity index (χ2v) is 7.28. The average molecular weight is 374 g/mol. The lowest BCUT2D eigenvalue weighted by atomic mass is 10.2. The minimum absolute atomic E-state index is 0.209. The van der Waals surface area contributed by atoms with Gasteiger partial charge in [0.1, 0.15) is 12.7 Å². The zero-order valence-corrected chi connectivity index (χ0v) is 16.3. The van der Waals surface area contributed by atoms with Gasteiger partial charge in [0.05, 0.1) is 7.11 Å². The van der Waals surface area contributed by atoms with Gasteiger partial charge in [0.2, 0.25) is 5.91 Å². The SMILES string of the molecule is CC=Cc1ccc(OCC(O)CN2CCN(C(=O)C3CC3)CC2)c(OC)c1. The van der Waals surface area contributed by atoms with Crippen molar-refractivity contribution in [2.24, 2.45) is 5.92 Å². The second kappa shape index (κ2) is 9.24. The Morgan fingerprint density at radius 2 is 2.00 bits per heavy atom. The van der Waals surface area contributed by atoms with E-state index < -0.39 is 6.10 Å². The molecule has 0 radical (unpaired) electrons. The number of benzene rings is 1. The third-order valence-electron chi connectivity index (χ3n) is 5.06. The molecule has 1 unspecified atom stereocenters. The van der Waals surface area contributed by atoms with Gasteiger partial charge in [-0.3, -0.25) is 9.69 Å². The summed E-state index contributed by atoms with van der Waals surface area (Å²) in [5, 5.41) is 10.3. The molecule has 2 fully saturated rings. The molecule has 6 heteroatoms. The van der Waals surface area contributed by atoms with Crippen LogP contribution in [0.15, 0.2) is 24.3 Å². The second-order valence-electron chi connectivity index (χ2n) is 7.28. The summed E-state index contributed by atoms with van der Waals surface area (Å²) in [6, 6.07) is 5.74. The van der Waals surface area contributed by atoms with Crippen LogP contribution in [0.3, 0.4) is 0 Å². The molecule has 1 aromatic carbocycles. The summed E-state index contributed by atoms with van der Waals surface area (Å²) in [5.74, 6) is 1.88. The molecule has 1 aliphatic carbocycles. The largest absolute Gasteiger partial charge is 0.493 e. The van der Waals surface area contributed by atoms with Gasteiger partial charge in [0, 0.05) is 38.6 Å². The molecule has 0 spiro atoms. The van der Waals surface area contributed by atoms with Crippen molar-refractivity contribution in [1.82, 2.24) is 9.80 Å². The molecule has 1 atom stereocenters. The zero-order valence-electron chi connectivity index (χ0n) is 16.3. The van der Waals surface area contributed by atoms with Crippen molar-refractivity contribution in [2.75, 3.05) is 46.4 Å². The molecule has 1 aromatic rings. The Kier molecular flexibility index (Phi) is 6.74. The van der Waals surface area contributed by atoms with Crippen molar-refractivity contribution in [3.05, 3.63) is 29.8 Å². The van der Waals surface area contributed by atoms with Crippen LogP contribution in [-0.2, 0) is 4.79 Å². The first kappa shape index (κ1) is 19.7. The fourth-order valence-electron chi connectivity index (χ4n) is 3.38. The molecule has 1 aliphatic heterocycles. The first-order valence-corrected chi connectivity index (χ1v) is 9.73. The van der Waals surface area contributed by atoms with Gasteiger partial charge in [0.25, 0.3) is 0 Å². The van der Waals surface area contributed by atoms with Gasteiger partial charge < -0.3 is 19.5 Å². The van der Waals surface area contributed by atoms with Crippen LogP contribution in [0, 0.1) is 5.92 Å². The van der Waals surface area contributed by atoms with E-state index in [1.165, 1.54) is 0 Å². The Morgan fingerprint density at radius 1 is 1.26 bits per heavy atom. The van der Waals surface area contributed by atoms with Gasteiger partial charge in [-0.05, 0) is 37.5 Å². The summed E-state index contributed by atoms with van der Waals surface area (Å²) in [7, 11) is 1.61. The van der Waals surface area contributed by atoms with Crippen molar-refractivity contribution in [1.29, 1.82) is 0 Å². The van der Waals surface area contributed by atoms with E-state index >= 15 is 0 Å². The molecule has 1 heterocycles. The maximum atomic E-state index is 12.1. The number of allylic oxidation sites excluding steroid dienone is 1. The van der Waals surface area contributed by atoms with E-state index in [1.54, 1.807) is 7.11 Å². The smallest absolute Gasteiger partial charge is 0.225 e. The van der Waals surface area contributed by atoms with Crippen LogP contribution in [0.5, 0.6) is 11.5 Å². The number of aliphatic hydroxyl groups excluding tert-OH is 1. The van der Waals surface area contributed by atoms with Crippen molar-refractivity contribution < 1.29 is 19.4 Å². The number of ether oxygens (including phenoxy) is 2. The Morgan fingerprint density at radius 3 is 2.63 bits per heavy atom. The highest BCUT2D eigenvalue weighted by atomic mass is 16.5. The maximum Gasteiger partial charge on any atom is 0.225 e. The Hall–Kier alpha value is -2.05. The average Bonchev–Trinajstić information content (AvgIpc) is 3.52. The number of hydrogen-bond donors (Lipinski definition) is 1. The lowest BCUT2D eigenvalue weighted by molar-refractivity contribution is -0.134. The summed E-state index contributed by atoms with van der Waals surface area (Å²) in [6.45, 7) is 5.83. The molecule has 2 aliphatic rings. The lowest BCUT2D eigenvalue weighted by Gasteiger charge is -2.35. The standard InChI is InChI=1S/C21H30N2O4/c1-3-4-16-5-8-19(20(13-16)26-2)27-15-18(24)14-22-9-11-23(12-10-22)21(25)17-6-7-17/h3-5,8,13,17-18,24H,6-7,9-12,14-15H2,1-2H3. The summed E-state index contributed by atoms with van der Waals surface area (Å²) in [5.41, 5.74) is 1.04. The van der Waals surface area contributed by atoms with E-state index in [4.69, 9.17) is 9.47 Å². The minimum atomic E-state index is -0.587. The highest BCUT2D eigenvalue weighted by Crippen LogP contribution is 2.31. The molecule has 3 rings (SSSR count). The Bertz CT molecular complexity index is 664. The third kappa shape index (κ3) is 5.47. The quantitative estimate of drug-likeness (QED) is 0.754. The molecular formula is C21H30N2O4. The molecule has 27 heavy (non-hydrogen) atoms. The van der Waals surface area contributed by atoms with Gasteiger partial charge in [-0.1, -0.05) is 18.2 Å².